The molecule has 1 aromatic carbocycles. The number of piperazine rings is 1. The molecule has 0 radical (unpaired) electrons. The van der Waals surface area contributed by atoms with Gasteiger partial charge in [0.1, 0.15) is 0 Å². The first-order valence-electron chi connectivity index (χ1n) is 7.79. The number of carbonyl (C=O) groups excluding carboxylic acids is 1. The molecule has 1 atom stereocenters. The Morgan fingerprint density at radius 3 is 2.52 bits per heavy atom. The molecule has 1 aliphatic heterocycles. The van der Waals surface area contributed by atoms with Crippen molar-refractivity contribution >= 4 is 17.7 Å². The van der Waals surface area contributed by atoms with Crippen molar-refractivity contribution in [2.45, 2.75) is 31.8 Å². The van der Waals surface area contributed by atoms with Crippen LogP contribution in [0.5, 0.6) is 0 Å². The van der Waals surface area contributed by atoms with Gasteiger partial charge in [0.05, 0.1) is 5.25 Å². The van der Waals surface area contributed by atoms with Crippen LogP contribution in [0.1, 0.15) is 25.0 Å². The molecule has 0 spiro atoms. The Morgan fingerprint density at radius 2 is 1.90 bits per heavy atom. The van der Waals surface area contributed by atoms with Crippen LogP contribution in [0.25, 0.3) is 0 Å². The minimum absolute atomic E-state index is 0.0396. The molecule has 0 aliphatic carbocycles. The summed E-state index contributed by atoms with van der Waals surface area (Å²) < 4.78 is 0. The van der Waals surface area contributed by atoms with E-state index in [1.807, 2.05) is 11.8 Å². The fraction of sp³-hybridized carbons (Fsp3) is 0.588. The van der Waals surface area contributed by atoms with E-state index in [2.05, 4.69) is 43.0 Å². The van der Waals surface area contributed by atoms with Gasteiger partial charge in [-0.3, -0.25) is 4.79 Å². The fourth-order valence-electron chi connectivity index (χ4n) is 2.60. The molecular formula is C17H26N2OS. The zero-order valence-corrected chi connectivity index (χ0v) is 14.2. The summed E-state index contributed by atoms with van der Waals surface area (Å²) in [6.45, 7) is 11.2. The number of hydrogen-bond donors (Lipinski definition) is 0. The van der Waals surface area contributed by atoms with E-state index in [-0.39, 0.29) is 5.25 Å². The Labute approximate surface area is 132 Å². The standard InChI is InChI=1S/C17H26N2OS/c1-4-18-9-11-19(12-10-18)17(20)15(3)21-13-16-8-6-5-7-14(16)2/h5-8,15H,4,9-13H2,1-3H3. The van der Waals surface area contributed by atoms with Crippen LogP contribution in [0.2, 0.25) is 0 Å². The van der Waals surface area contributed by atoms with Gasteiger partial charge in [0.15, 0.2) is 0 Å². The highest BCUT2D eigenvalue weighted by Gasteiger charge is 2.24. The number of aryl methyl sites for hydroxylation is 1. The van der Waals surface area contributed by atoms with Crippen LogP contribution < -0.4 is 0 Å². The summed E-state index contributed by atoms with van der Waals surface area (Å²) >= 11 is 1.75. The Balaban J connectivity index is 1.82. The Hall–Kier alpha value is -1.00. The molecule has 2 rings (SSSR count). The summed E-state index contributed by atoms with van der Waals surface area (Å²) in [5.41, 5.74) is 2.64. The molecule has 0 saturated carbocycles. The predicted molar refractivity (Wildman–Crippen MR) is 90.6 cm³/mol. The normalized spacial score (nSPS) is 17.8. The maximum Gasteiger partial charge on any atom is 0.235 e. The second-order valence-electron chi connectivity index (χ2n) is 5.64. The van der Waals surface area contributed by atoms with Crippen LogP contribution >= 0.6 is 11.8 Å². The van der Waals surface area contributed by atoms with E-state index < -0.39 is 0 Å². The summed E-state index contributed by atoms with van der Waals surface area (Å²) in [5.74, 6) is 1.21. The van der Waals surface area contributed by atoms with Gasteiger partial charge in [-0.1, -0.05) is 31.2 Å². The molecule has 1 saturated heterocycles. The maximum absolute atomic E-state index is 12.5. The molecule has 1 heterocycles. The van der Waals surface area contributed by atoms with Crippen molar-refractivity contribution in [3.63, 3.8) is 0 Å². The summed E-state index contributed by atoms with van der Waals surface area (Å²) in [6, 6.07) is 8.41. The number of thioether (sulfide) groups is 1. The lowest BCUT2D eigenvalue weighted by Gasteiger charge is -2.35. The molecule has 0 N–H and O–H groups in total. The summed E-state index contributed by atoms with van der Waals surface area (Å²) in [6.07, 6.45) is 0. The smallest absolute Gasteiger partial charge is 0.235 e. The van der Waals surface area contributed by atoms with Gasteiger partial charge in [-0.15, -0.1) is 11.8 Å². The molecule has 0 aromatic heterocycles. The molecule has 4 heteroatoms. The molecule has 0 bridgehead atoms. The van der Waals surface area contributed by atoms with Crippen LogP contribution in [0.3, 0.4) is 0 Å². The number of likely N-dealkylation sites (N-methyl/N-ethyl adjacent to an activating group) is 1. The van der Waals surface area contributed by atoms with E-state index in [4.69, 9.17) is 0 Å². The topological polar surface area (TPSA) is 23.6 Å². The Morgan fingerprint density at radius 1 is 1.24 bits per heavy atom. The van der Waals surface area contributed by atoms with E-state index in [9.17, 15) is 4.79 Å². The quantitative estimate of drug-likeness (QED) is 0.836. The van der Waals surface area contributed by atoms with E-state index in [1.165, 1.54) is 11.1 Å². The highest BCUT2D eigenvalue weighted by atomic mass is 32.2. The second-order valence-corrected chi connectivity index (χ2v) is 6.97. The van der Waals surface area contributed by atoms with E-state index in [0.717, 1.165) is 38.5 Å². The molecule has 3 nitrogen and oxygen atoms in total. The van der Waals surface area contributed by atoms with Crippen molar-refractivity contribution in [2.75, 3.05) is 32.7 Å². The lowest BCUT2D eigenvalue weighted by atomic mass is 10.1. The number of hydrogen-bond acceptors (Lipinski definition) is 3. The highest BCUT2D eigenvalue weighted by molar-refractivity contribution is 7.99. The van der Waals surface area contributed by atoms with E-state index in [1.54, 1.807) is 11.8 Å². The van der Waals surface area contributed by atoms with Gasteiger partial charge >= 0.3 is 0 Å². The van der Waals surface area contributed by atoms with Crippen LogP contribution in [-0.2, 0) is 10.5 Å². The zero-order valence-electron chi connectivity index (χ0n) is 13.3. The van der Waals surface area contributed by atoms with Crippen molar-refractivity contribution in [3.8, 4) is 0 Å². The van der Waals surface area contributed by atoms with Crippen molar-refractivity contribution in [1.82, 2.24) is 9.80 Å². The van der Waals surface area contributed by atoms with Crippen molar-refractivity contribution < 1.29 is 4.79 Å². The lowest BCUT2D eigenvalue weighted by Crippen LogP contribution is -2.50. The van der Waals surface area contributed by atoms with Crippen molar-refractivity contribution in [2.24, 2.45) is 0 Å². The average molecular weight is 306 g/mol. The molecule has 1 fully saturated rings. The summed E-state index contributed by atoms with van der Waals surface area (Å²) in [4.78, 5) is 16.9. The van der Waals surface area contributed by atoms with E-state index >= 15 is 0 Å². The number of benzene rings is 1. The average Bonchev–Trinajstić information content (AvgIpc) is 2.53. The SMILES string of the molecule is CCN1CCN(C(=O)C(C)SCc2ccccc2C)CC1. The number of carbonyl (C=O) groups is 1. The highest BCUT2D eigenvalue weighted by Crippen LogP contribution is 2.22. The van der Waals surface area contributed by atoms with Gasteiger partial charge in [0.2, 0.25) is 5.91 Å². The van der Waals surface area contributed by atoms with Crippen molar-refractivity contribution in [3.05, 3.63) is 35.4 Å². The number of nitrogens with zero attached hydrogens (tertiary/aromatic N) is 2. The number of amides is 1. The largest absolute Gasteiger partial charge is 0.339 e. The third kappa shape index (κ3) is 4.48. The van der Waals surface area contributed by atoms with Gasteiger partial charge in [-0.05, 0) is 31.5 Å². The first-order valence-corrected chi connectivity index (χ1v) is 8.84. The monoisotopic (exact) mass is 306 g/mol. The van der Waals surface area contributed by atoms with Gasteiger partial charge in [0, 0.05) is 31.9 Å². The second kappa shape index (κ2) is 7.85. The van der Waals surface area contributed by atoms with Gasteiger partial charge in [-0.2, -0.15) is 0 Å². The first-order chi connectivity index (χ1) is 10.1. The third-order valence-electron chi connectivity index (χ3n) is 4.23. The van der Waals surface area contributed by atoms with Crippen LogP contribution in [-0.4, -0.2) is 53.7 Å². The minimum Gasteiger partial charge on any atom is -0.339 e. The number of rotatable bonds is 5. The fourth-order valence-corrected chi connectivity index (χ4v) is 3.64. The summed E-state index contributed by atoms with van der Waals surface area (Å²) in [7, 11) is 0. The Kier molecular flexibility index (Phi) is 6.12. The van der Waals surface area contributed by atoms with Gasteiger partial charge in [0.25, 0.3) is 0 Å². The van der Waals surface area contributed by atoms with Gasteiger partial charge < -0.3 is 9.80 Å². The van der Waals surface area contributed by atoms with Crippen LogP contribution in [0.4, 0.5) is 0 Å². The minimum atomic E-state index is 0.0396. The van der Waals surface area contributed by atoms with E-state index in [0.29, 0.717) is 5.91 Å². The molecule has 1 aliphatic rings. The first kappa shape index (κ1) is 16.4. The molecule has 21 heavy (non-hydrogen) atoms. The molecule has 1 unspecified atom stereocenters. The molecular weight excluding hydrogens is 280 g/mol. The van der Waals surface area contributed by atoms with Crippen LogP contribution in [0.15, 0.2) is 24.3 Å². The molecule has 116 valence electrons. The van der Waals surface area contributed by atoms with Crippen molar-refractivity contribution in [1.29, 1.82) is 0 Å². The third-order valence-corrected chi connectivity index (χ3v) is 5.41. The molecule has 1 amide bonds. The lowest BCUT2D eigenvalue weighted by molar-refractivity contribution is -0.132. The maximum atomic E-state index is 12.5. The summed E-state index contributed by atoms with van der Waals surface area (Å²) in [5, 5.41) is 0.0396. The predicted octanol–water partition coefficient (Wildman–Crippen LogP) is 2.78. The van der Waals surface area contributed by atoms with Gasteiger partial charge in [-0.25, -0.2) is 0 Å². The zero-order chi connectivity index (χ0) is 15.2. The Bertz CT molecular complexity index is 470. The van der Waals surface area contributed by atoms with Crippen LogP contribution in [0, 0.1) is 6.92 Å². The molecule has 1 aromatic rings.